The van der Waals surface area contributed by atoms with Gasteiger partial charge in [0.15, 0.2) is 5.96 Å². The smallest absolute Gasteiger partial charge is 0.191 e. The minimum Gasteiger partial charge on any atom is -0.356 e. The predicted octanol–water partition coefficient (Wildman–Crippen LogP) is 4.18. The third-order valence-electron chi connectivity index (χ3n) is 4.65. The number of likely N-dealkylation sites (tertiary alicyclic amines) is 1. The summed E-state index contributed by atoms with van der Waals surface area (Å²) in [6, 6.07) is 8.60. The van der Waals surface area contributed by atoms with Crippen LogP contribution in [0.3, 0.4) is 0 Å². The number of piperidine rings is 1. The summed E-state index contributed by atoms with van der Waals surface area (Å²) < 4.78 is 0. The fourth-order valence-electron chi connectivity index (χ4n) is 3.35. The molecule has 0 spiro atoms. The van der Waals surface area contributed by atoms with Gasteiger partial charge in [-0.2, -0.15) is 0 Å². The molecule has 6 heteroatoms. The Balaban J connectivity index is 0.00000338. The van der Waals surface area contributed by atoms with Gasteiger partial charge in [-0.3, -0.25) is 4.99 Å². The molecule has 0 saturated carbocycles. The van der Waals surface area contributed by atoms with Gasteiger partial charge in [0.25, 0.3) is 0 Å². The van der Waals surface area contributed by atoms with Crippen LogP contribution in [0.4, 0.5) is 0 Å². The van der Waals surface area contributed by atoms with Crippen LogP contribution < -0.4 is 10.6 Å². The molecule has 1 heterocycles. The molecule has 0 atom stereocenters. The summed E-state index contributed by atoms with van der Waals surface area (Å²) in [5.74, 6) is 1.67. The summed E-state index contributed by atoms with van der Waals surface area (Å²) in [6.45, 7) is 9.05. The lowest BCUT2D eigenvalue weighted by Crippen LogP contribution is -2.49. The van der Waals surface area contributed by atoms with Crippen LogP contribution in [0.1, 0.15) is 38.7 Å². The van der Waals surface area contributed by atoms with Gasteiger partial charge >= 0.3 is 0 Å². The molecule has 1 aliphatic heterocycles. The maximum atomic E-state index is 6.20. The van der Waals surface area contributed by atoms with E-state index in [0.29, 0.717) is 6.04 Å². The van der Waals surface area contributed by atoms with Gasteiger partial charge in [0.05, 0.1) is 0 Å². The average Bonchev–Trinajstić information content (AvgIpc) is 2.60. The molecule has 4 nitrogen and oxygen atoms in total. The van der Waals surface area contributed by atoms with Crippen molar-refractivity contribution in [3.63, 3.8) is 0 Å². The van der Waals surface area contributed by atoms with Crippen LogP contribution in [0.15, 0.2) is 29.3 Å². The van der Waals surface area contributed by atoms with Crippen LogP contribution in [0.25, 0.3) is 0 Å². The van der Waals surface area contributed by atoms with Crippen LogP contribution >= 0.6 is 35.6 Å². The highest BCUT2D eigenvalue weighted by atomic mass is 127. The van der Waals surface area contributed by atoms with Crippen molar-refractivity contribution in [3.05, 3.63) is 34.9 Å². The molecule has 148 valence electrons. The lowest BCUT2D eigenvalue weighted by molar-refractivity contribution is 0.187. The fourth-order valence-corrected chi connectivity index (χ4v) is 3.58. The van der Waals surface area contributed by atoms with Crippen LogP contribution in [0.2, 0.25) is 5.02 Å². The molecule has 1 aliphatic rings. The van der Waals surface area contributed by atoms with E-state index in [-0.39, 0.29) is 24.0 Å². The molecule has 0 bridgehead atoms. The molecule has 0 radical (unpaired) electrons. The number of benzene rings is 1. The normalized spacial score (nSPS) is 16.4. The summed E-state index contributed by atoms with van der Waals surface area (Å²) in [7, 11) is 1.84. The molecule has 2 N–H and O–H groups in total. The zero-order valence-corrected chi connectivity index (χ0v) is 19.4. The molecular formula is C20H34ClIN4. The maximum Gasteiger partial charge on any atom is 0.191 e. The minimum absolute atomic E-state index is 0. The second-order valence-electron chi connectivity index (χ2n) is 7.31. The van der Waals surface area contributed by atoms with Crippen LogP contribution in [-0.2, 0) is 6.42 Å². The number of rotatable bonds is 7. The molecule has 0 amide bonds. The molecule has 26 heavy (non-hydrogen) atoms. The van der Waals surface area contributed by atoms with Crippen molar-refractivity contribution in [1.82, 2.24) is 15.5 Å². The van der Waals surface area contributed by atoms with E-state index in [4.69, 9.17) is 11.6 Å². The highest BCUT2D eigenvalue weighted by molar-refractivity contribution is 14.0. The van der Waals surface area contributed by atoms with Gasteiger partial charge in [0.1, 0.15) is 0 Å². The molecule has 0 aromatic heterocycles. The minimum atomic E-state index is 0. The predicted molar refractivity (Wildman–Crippen MR) is 124 cm³/mol. The van der Waals surface area contributed by atoms with E-state index in [1.54, 1.807) is 0 Å². The third kappa shape index (κ3) is 8.44. The van der Waals surface area contributed by atoms with Gasteiger partial charge in [-0.25, -0.2) is 0 Å². The van der Waals surface area contributed by atoms with Crippen molar-refractivity contribution >= 4 is 41.5 Å². The second kappa shape index (κ2) is 12.8. The van der Waals surface area contributed by atoms with Crippen molar-refractivity contribution in [2.75, 3.05) is 33.2 Å². The van der Waals surface area contributed by atoms with Crippen molar-refractivity contribution in [2.45, 2.75) is 45.6 Å². The Morgan fingerprint density at radius 2 is 1.96 bits per heavy atom. The summed E-state index contributed by atoms with van der Waals surface area (Å²) in [4.78, 5) is 6.94. The highest BCUT2D eigenvalue weighted by Gasteiger charge is 2.20. The van der Waals surface area contributed by atoms with Gasteiger partial charge in [0, 0.05) is 44.3 Å². The molecule has 1 aromatic rings. The Morgan fingerprint density at radius 3 is 2.58 bits per heavy atom. The van der Waals surface area contributed by atoms with Crippen molar-refractivity contribution in [1.29, 1.82) is 0 Å². The monoisotopic (exact) mass is 492 g/mol. The number of halogens is 2. The molecular weight excluding hydrogens is 459 g/mol. The van der Waals surface area contributed by atoms with E-state index in [0.717, 1.165) is 36.3 Å². The van der Waals surface area contributed by atoms with Crippen molar-refractivity contribution in [3.8, 4) is 0 Å². The SMILES string of the molecule is CN=C(NCCCc1ccccc1Cl)NC1CCN(CC(C)C)CC1.I. The number of hydrogen-bond donors (Lipinski definition) is 2. The summed E-state index contributed by atoms with van der Waals surface area (Å²) >= 11 is 6.20. The lowest BCUT2D eigenvalue weighted by Gasteiger charge is -2.34. The number of nitrogens with zero attached hydrogens (tertiary/aromatic N) is 2. The molecule has 1 aromatic carbocycles. The number of hydrogen-bond acceptors (Lipinski definition) is 2. The summed E-state index contributed by atoms with van der Waals surface area (Å²) in [5.41, 5.74) is 1.21. The third-order valence-corrected chi connectivity index (χ3v) is 5.02. The van der Waals surface area contributed by atoms with E-state index < -0.39 is 0 Å². The molecule has 0 unspecified atom stereocenters. The number of nitrogens with one attached hydrogen (secondary N) is 2. The molecule has 1 saturated heterocycles. The standard InChI is InChI=1S/C20H33ClN4.HI/c1-16(2)15-25-13-10-18(11-14-25)24-20(22-3)23-12-6-8-17-7-4-5-9-19(17)21;/h4-5,7,9,16,18H,6,8,10-15H2,1-3H3,(H2,22,23,24);1H. The first-order chi connectivity index (χ1) is 12.1. The summed E-state index contributed by atoms with van der Waals surface area (Å²) in [5, 5.41) is 7.87. The van der Waals surface area contributed by atoms with E-state index in [2.05, 4.69) is 40.4 Å². The number of aliphatic imine (C=N–C) groups is 1. The summed E-state index contributed by atoms with van der Waals surface area (Å²) in [6.07, 6.45) is 4.40. The zero-order valence-electron chi connectivity index (χ0n) is 16.3. The lowest BCUT2D eigenvalue weighted by atomic mass is 10.0. The first-order valence-corrected chi connectivity index (χ1v) is 9.89. The Morgan fingerprint density at radius 1 is 1.27 bits per heavy atom. The van der Waals surface area contributed by atoms with Gasteiger partial charge < -0.3 is 15.5 Å². The first kappa shape index (κ1) is 23.5. The van der Waals surface area contributed by atoms with Gasteiger partial charge in [-0.05, 0) is 43.2 Å². The molecule has 0 aliphatic carbocycles. The fraction of sp³-hybridized carbons (Fsp3) is 0.650. The van der Waals surface area contributed by atoms with Gasteiger partial charge in [-0.1, -0.05) is 43.6 Å². The van der Waals surface area contributed by atoms with Gasteiger partial charge in [-0.15, -0.1) is 24.0 Å². The van der Waals surface area contributed by atoms with Gasteiger partial charge in [0.2, 0.25) is 0 Å². The van der Waals surface area contributed by atoms with E-state index in [1.807, 2.05) is 25.2 Å². The maximum absolute atomic E-state index is 6.20. The molecule has 1 fully saturated rings. The average molecular weight is 493 g/mol. The Labute approximate surface area is 181 Å². The first-order valence-electron chi connectivity index (χ1n) is 9.51. The zero-order chi connectivity index (χ0) is 18.1. The van der Waals surface area contributed by atoms with Crippen LogP contribution in [0.5, 0.6) is 0 Å². The topological polar surface area (TPSA) is 39.7 Å². The number of guanidine groups is 1. The Kier molecular flexibility index (Phi) is 11.6. The Hall–Kier alpha value is -0.530. The second-order valence-corrected chi connectivity index (χ2v) is 7.71. The molecule has 2 rings (SSSR count). The van der Waals surface area contributed by atoms with Crippen LogP contribution in [0, 0.1) is 5.92 Å². The van der Waals surface area contributed by atoms with Crippen molar-refractivity contribution in [2.24, 2.45) is 10.9 Å². The van der Waals surface area contributed by atoms with E-state index in [9.17, 15) is 0 Å². The Bertz CT molecular complexity index is 542. The number of aryl methyl sites for hydroxylation is 1. The van der Waals surface area contributed by atoms with E-state index in [1.165, 1.54) is 38.0 Å². The quantitative estimate of drug-likeness (QED) is 0.260. The van der Waals surface area contributed by atoms with Crippen LogP contribution in [-0.4, -0.2) is 50.1 Å². The largest absolute Gasteiger partial charge is 0.356 e. The van der Waals surface area contributed by atoms with E-state index >= 15 is 0 Å². The van der Waals surface area contributed by atoms with Crippen molar-refractivity contribution < 1.29 is 0 Å². The highest BCUT2D eigenvalue weighted by Crippen LogP contribution is 2.16.